The minimum absolute atomic E-state index is 0.342. The first kappa shape index (κ1) is 7.02. The first-order valence-corrected chi connectivity index (χ1v) is 3.53. The standard InChI is InChI=1S/C7H8N4O/c1-4-9-5-3-8-7(12-2)11-6(5)10-4/h3H,1-2H3,(H,8,9,10,11). The molecule has 0 aromatic carbocycles. The fourth-order valence-corrected chi connectivity index (χ4v) is 1.01. The van der Waals surface area contributed by atoms with Gasteiger partial charge in [0, 0.05) is 0 Å². The third-order valence-electron chi connectivity index (χ3n) is 1.52. The molecule has 12 heavy (non-hydrogen) atoms. The summed E-state index contributed by atoms with van der Waals surface area (Å²) in [6.07, 6.45) is 1.65. The lowest BCUT2D eigenvalue weighted by Gasteiger charge is -1.93. The maximum absolute atomic E-state index is 4.86. The van der Waals surface area contributed by atoms with Crippen molar-refractivity contribution in [3.8, 4) is 6.01 Å². The predicted molar refractivity (Wildman–Crippen MR) is 43.0 cm³/mol. The van der Waals surface area contributed by atoms with Crippen molar-refractivity contribution in [3.63, 3.8) is 0 Å². The van der Waals surface area contributed by atoms with Crippen molar-refractivity contribution < 1.29 is 4.74 Å². The first-order valence-electron chi connectivity index (χ1n) is 3.53. The van der Waals surface area contributed by atoms with Gasteiger partial charge in [0.25, 0.3) is 0 Å². The van der Waals surface area contributed by atoms with E-state index in [2.05, 4.69) is 19.9 Å². The van der Waals surface area contributed by atoms with Gasteiger partial charge in [-0.15, -0.1) is 0 Å². The highest BCUT2D eigenvalue weighted by Gasteiger charge is 2.02. The van der Waals surface area contributed by atoms with Crippen molar-refractivity contribution in [1.82, 2.24) is 19.9 Å². The van der Waals surface area contributed by atoms with Gasteiger partial charge < -0.3 is 9.72 Å². The molecule has 62 valence electrons. The number of aromatic nitrogens is 4. The Bertz CT molecular complexity index is 409. The smallest absolute Gasteiger partial charge is 0.318 e. The number of methoxy groups -OCH3 is 1. The van der Waals surface area contributed by atoms with Crippen molar-refractivity contribution in [2.24, 2.45) is 0 Å². The van der Waals surface area contributed by atoms with E-state index in [4.69, 9.17) is 4.74 Å². The Kier molecular flexibility index (Phi) is 1.43. The van der Waals surface area contributed by atoms with Gasteiger partial charge in [0.05, 0.1) is 13.3 Å². The summed E-state index contributed by atoms with van der Waals surface area (Å²) in [4.78, 5) is 15.1. The number of aryl methyl sites for hydroxylation is 1. The molecular weight excluding hydrogens is 156 g/mol. The molecule has 5 heteroatoms. The van der Waals surface area contributed by atoms with Crippen molar-refractivity contribution in [3.05, 3.63) is 12.0 Å². The van der Waals surface area contributed by atoms with Crippen LogP contribution in [0.4, 0.5) is 0 Å². The summed E-state index contributed by atoms with van der Waals surface area (Å²) < 4.78 is 4.86. The molecule has 0 saturated heterocycles. The Morgan fingerprint density at radius 3 is 3.00 bits per heavy atom. The van der Waals surface area contributed by atoms with Gasteiger partial charge in [-0.2, -0.15) is 4.98 Å². The highest BCUT2D eigenvalue weighted by Crippen LogP contribution is 2.09. The number of fused-ring (bicyclic) bond motifs is 1. The molecule has 2 heterocycles. The molecule has 0 bridgehead atoms. The highest BCUT2D eigenvalue weighted by atomic mass is 16.5. The molecule has 0 spiro atoms. The van der Waals surface area contributed by atoms with Crippen molar-refractivity contribution in [1.29, 1.82) is 0 Å². The van der Waals surface area contributed by atoms with Gasteiger partial charge in [-0.05, 0) is 6.92 Å². The van der Waals surface area contributed by atoms with Gasteiger partial charge in [-0.3, -0.25) is 0 Å². The predicted octanol–water partition coefficient (Wildman–Crippen LogP) is 0.670. The van der Waals surface area contributed by atoms with E-state index in [0.29, 0.717) is 11.7 Å². The largest absolute Gasteiger partial charge is 0.467 e. The molecule has 2 aromatic heterocycles. The normalized spacial score (nSPS) is 10.5. The summed E-state index contributed by atoms with van der Waals surface area (Å²) in [5.74, 6) is 0.826. The molecule has 0 atom stereocenters. The number of nitrogens with zero attached hydrogens (tertiary/aromatic N) is 3. The number of imidazole rings is 1. The van der Waals surface area contributed by atoms with Crippen molar-refractivity contribution in [2.45, 2.75) is 6.92 Å². The molecule has 0 aliphatic rings. The summed E-state index contributed by atoms with van der Waals surface area (Å²) in [6.45, 7) is 1.87. The summed E-state index contributed by atoms with van der Waals surface area (Å²) in [5, 5.41) is 0. The maximum atomic E-state index is 4.86. The molecule has 2 rings (SSSR count). The minimum Gasteiger partial charge on any atom is -0.467 e. The van der Waals surface area contributed by atoms with Crippen LogP contribution in [-0.2, 0) is 0 Å². The maximum Gasteiger partial charge on any atom is 0.318 e. The van der Waals surface area contributed by atoms with E-state index in [1.54, 1.807) is 6.20 Å². The fourth-order valence-electron chi connectivity index (χ4n) is 1.01. The zero-order valence-electron chi connectivity index (χ0n) is 6.83. The average Bonchev–Trinajstić information content (AvgIpc) is 2.43. The van der Waals surface area contributed by atoms with Crippen LogP contribution in [0, 0.1) is 6.92 Å². The number of rotatable bonds is 1. The third kappa shape index (κ3) is 0.990. The number of H-pyrrole nitrogens is 1. The van der Waals surface area contributed by atoms with Crippen molar-refractivity contribution in [2.75, 3.05) is 7.11 Å². The van der Waals surface area contributed by atoms with E-state index in [9.17, 15) is 0 Å². The topological polar surface area (TPSA) is 63.7 Å². The van der Waals surface area contributed by atoms with E-state index in [1.165, 1.54) is 7.11 Å². The number of aromatic amines is 1. The van der Waals surface area contributed by atoms with Crippen LogP contribution in [0.1, 0.15) is 5.82 Å². The lowest BCUT2D eigenvalue weighted by Crippen LogP contribution is -1.90. The zero-order chi connectivity index (χ0) is 8.55. The molecule has 1 N–H and O–H groups in total. The Balaban J connectivity index is 2.66. The van der Waals surface area contributed by atoms with Gasteiger partial charge in [0.15, 0.2) is 5.65 Å². The van der Waals surface area contributed by atoms with Gasteiger partial charge in [0.2, 0.25) is 0 Å². The Morgan fingerprint density at radius 1 is 1.42 bits per heavy atom. The summed E-state index contributed by atoms with van der Waals surface area (Å²) in [5.41, 5.74) is 1.47. The van der Waals surface area contributed by atoms with Crippen LogP contribution in [-0.4, -0.2) is 27.0 Å². The quantitative estimate of drug-likeness (QED) is 0.672. The second-order valence-corrected chi connectivity index (χ2v) is 2.42. The monoisotopic (exact) mass is 164 g/mol. The van der Waals surface area contributed by atoms with E-state index in [0.717, 1.165) is 11.3 Å². The van der Waals surface area contributed by atoms with Crippen LogP contribution in [0.25, 0.3) is 11.2 Å². The van der Waals surface area contributed by atoms with Crippen LogP contribution < -0.4 is 4.74 Å². The lowest BCUT2D eigenvalue weighted by molar-refractivity contribution is 0.381. The molecule has 0 amide bonds. The Labute approximate surface area is 68.8 Å². The van der Waals surface area contributed by atoms with Gasteiger partial charge >= 0.3 is 6.01 Å². The molecule has 0 radical (unpaired) electrons. The number of nitrogens with one attached hydrogen (secondary N) is 1. The number of hydrogen-bond acceptors (Lipinski definition) is 4. The van der Waals surface area contributed by atoms with E-state index < -0.39 is 0 Å². The number of hydrogen-bond donors (Lipinski definition) is 1. The minimum atomic E-state index is 0.342. The van der Waals surface area contributed by atoms with E-state index in [1.807, 2.05) is 6.92 Å². The second-order valence-electron chi connectivity index (χ2n) is 2.42. The van der Waals surface area contributed by atoms with Crippen LogP contribution in [0.2, 0.25) is 0 Å². The fraction of sp³-hybridized carbons (Fsp3) is 0.286. The molecule has 0 aliphatic carbocycles. The summed E-state index contributed by atoms with van der Waals surface area (Å²) in [7, 11) is 1.53. The molecule has 0 saturated carbocycles. The zero-order valence-corrected chi connectivity index (χ0v) is 6.83. The van der Waals surface area contributed by atoms with Crippen molar-refractivity contribution >= 4 is 11.2 Å². The first-order chi connectivity index (χ1) is 5.79. The molecule has 0 aliphatic heterocycles. The SMILES string of the molecule is COc1ncc2[nH]c(C)nc2n1. The van der Waals surface area contributed by atoms with Crippen LogP contribution in [0.15, 0.2) is 6.20 Å². The molecule has 0 unspecified atom stereocenters. The third-order valence-corrected chi connectivity index (χ3v) is 1.52. The van der Waals surface area contributed by atoms with Crippen LogP contribution in [0.5, 0.6) is 6.01 Å². The average molecular weight is 164 g/mol. The summed E-state index contributed by atoms with van der Waals surface area (Å²) >= 11 is 0. The molecule has 5 nitrogen and oxygen atoms in total. The van der Waals surface area contributed by atoms with E-state index >= 15 is 0 Å². The second kappa shape index (κ2) is 2.44. The molecule has 2 aromatic rings. The highest BCUT2D eigenvalue weighted by molar-refractivity contribution is 5.69. The van der Waals surface area contributed by atoms with Gasteiger partial charge in [-0.25, -0.2) is 9.97 Å². The summed E-state index contributed by atoms with van der Waals surface area (Å²) in [6, 6.07) is 0.342. The van der Waals surface area contributed by atoms with Gasteiger partial charge in [-0.1, -0.05) is 0 Å². The number of ether oxygens (including phenoxy) is 1. The van der Waals surface area contributed by atoms with Crippen LogP contribution >= 0.6 is 0 Å². The molecular formula is C7H8N4O. The van der Waals surface area contributed by atoms with E-state index in [-0.39, 0.29) is 0 Å². The molecule has 0 fully saturated rings. The van der Waals surface area contributed by atoms with Crippen LogP contribution in [0.3, 0.4) is 0 Å². The Hall–Kier alpha value is -1.65. The van der Waals surface area contributed by atoms with Gasteiger partial charge in [0.1, 0.15) is 11.3 Å². The Morgan fingerprint density at radius 2 is 2.25 bits per heavy atom. The lowest BCUT2D eigenvalue weighted by atomic mass is 10.6.